The van der Waals surface area contributed by atoms with E-state index >= 15 is 0 Å². The lowest BCUT2D eigenvalue weighted by Crippen LogP contribution is -2.47. The van der Waals surface area contributed by atoms with Crippen molar-refractivity contribution in [3.8, 4) is 0 Å². The van der Waals surface area contributed by atoms with E-state index in [4.69, 9.17) is 16.6 Å². The first-order chi connectivity index (χ1) is 11.3. The maximum absolute atomic E-state index is 5.65. The lowest BCUT2D eigenvalue weighted by atomic mass is 10.3. The molecule has 0 aliphatic carbocycles. The molecule has 0 radical (unpaired) electrons. The Kier molecular flexibility index (Phi) is 3.80. The largest absolute Gasteiger partial charge is 0.429 e. The molecule has 118 valence electrons. The zero-order valence-corrected chi connectivity index (χ0v) is 13.4. The van der Waals surface area contributed by atoms with Gasteiger partial charge < -0.3 is 9.32 Å². The van der Waals surface area contributed by atoms with Crippen LogP contribution in [-0.4, -0.2) is 45.6 Å². The van der Waals surface area contributed by atoms with Crippen LogP contribution in [0, 0.1) is 4.84 Å². The molecule has 0 saturated carbocycles. The smallest absolute Gasteiger partial charge is 0.270 e. The lowest BCUT2D eigenvalue weighted by Gasteiger charge is -2.34. The van der Waals surface area contributed by atoms with Crippen LogP contribution in [0.4, 0.5) is 5.95 Å². The second-order valence-electron chi connectivity index (χ2n) is 5.56. The molecule has 0 amide bonds. The fourth-order valence-electron chi connectivity index (χ4n) is 2.89. The molecule has 7 heteroatoms. The van der Waals surface area contributed by atoms with Gasteiger partial charge in [-0.3, -0.25) is 9.47 Å². The third kappa shape index (κ3) is 2.85. The number of hydrogen-bond donors (Lipinski definition) is 0. The molecule has 1 fully saturated rings. The molecule has 4 rings (SSSR count). The molecule has 3 heterocycles. The van der Waals surface area contributed by atoms with Crippen LogP contribution in [-0.2, 0) is 6.67 Å². The van der Waals surface area contributed by atoms with Gasteiger partial charge in [-0.05, 0) is 30.4 Å². The van der Waals surface area contributed by atoms with E-state index in [0.717, 1.165) is 49.9 Å². The fraction of sp³-hybridized carbons (Fsp3) is 0.312. The average molecular weight is 327 g/mol. The second kappa shape index (κ2) is 6.10. The van der Waals surface area contributed by atoms with E-state index in [1.807, 2.05) is 30.3 Å². The van der Waals surface area contributed by atoms with Gasteiger partial charge in [-0.15, -0.1) is 0 Å². The number of oxazole rings is 1. The average Bonchev–Trinajstić information content (AvgIpc) is 2.92. The molecular formula is C16H17N5OS. The van der Waals surface area contributed by atoms with Crippen molar-refractivity contribution in [3.63, 3.8) is 0 Å². The Bertz CT molecular complexity index is 852. The summed E-state index contributed by atoms with van der Waals surface area (Å²) in [7, 11) is 0. The van der Waals surface area contributed by atoms with E-state index < -0.39 is 0 Å². The van der Waals surface area contributed by atoms with Crippen LogP contribution in [0.25, 0.3) is 11.1 Å². The van der Waals surface area contributed by atoms with Crippen molar-refractivity contribution in [1.29, 1.82) is 0 Å². The minimum atomic E-state index is 0.528. The molecule has 1 saturated heterocycles. The zero-order chi connectivity index (χ0) is 15.6. The van der Waals surface area contributed by atoms with Crippen molar-refractivity contribution < 1.29 is 4.42 Å². The predicted octanol–water partition coefficient (Wildman–Crippen LogP) is 2.53. The van der Waals surface area contributed by atoms with Crippen LogP contribution in [0.15, 0.2) is 47.1 Å². The topological polar surface area (TPSA) is 50.3 Å². The summed E-state index contributed by atoms with van der Waals surface area (Å²) in [5, 5.41) is 0. The van der Waals surface area contributed by atoms with Gasteiger partial charge in [0.05, 0.1) is 12.2 Å². The zero-order valence-electron chi connectivity index (χ0n) is 12.6. The number of rotatable bonds is 3. The summed E-state index contributed by atoms with van der Waals surface area (Å²) in [6, 6.07) is 9.80. The Morgan fingerprint density at radius 1 is 1.00 bits per heavy atom. The number of nitrogens with zero attached hydrogens (tertiary/aromatic N) is 5. The summed E-state index contributed by atoms with van der Waals surface area (Å²) in [6.07, 6.45) is 3.57. The molecule has 23 heavy (non-hydrogen) atoms. The van der Waals surface area contributed by atoms with Crippen molar-refractivity contribution in [3.05, 3.63) is 47.6 Å². The van der Waals surface area contributed by atoms with Crippen molar-refractivity contribution in [2.75, 3.05) is 31.1 Å². The number of piperazine rings is 1. The number of benzene rings is 1. The Hall–Kier alpha value is -2.25. The van der Waals surface area contributed by atoms with Gasteiger partial charge in [0.25, 0.3) is 4.84 Å². The first-order valence-electron chi connectivity index (χ1n) is 7.64. The van der Waals surface area contributed by atoms with Gasteiger partial charge >= 0.3 is 0 Å². The molecule has 1 aliphatic rings. The molecule has 1 aromatic carbocycles. The molecule has 2 aromatic heterocycles. The highest BCUT2D eigenvalue weighted by Crippen LogP contribution is 2.18. The Morgan fingerprint density at radius 3 is 2.52 bits per heavy atom. The summed E-state index contributed by atoms with van der Waals surface area (Å²) in [5.74, 6) is 0.803. The first-order valence-corrected chi connectivity index (χ1v) is 8.05. The van der Waals surface area contributed by atoms with Gasteiger partial charge in [0.2, 0.25) is 5.95 Å². The molecule has 0 atom stereocenters. The predicted molar refractivity (Wildman–Crippen MR) is 90.9 cm³/mol. The molecule has 0 unspecified atom stereocenters. The highest BCUT2D eigenvalue weighted by atomic mass is 32.1. The summed E-state index contributed by atoms with van der Waals surface area (Å²) < 4.78 is 7.71. The highest BCUT2D eigenvalue weighted by Gasteiger charge is 2.19. The summed E-state index contributed by atoms with van der Waals surface area (Å²) in [5.41, 5.74) is 1.89. The van der Waals surface area contributed by atoms with Gasteiger partial charge in [-0.25, -0.2) is 9.97 Å². The minimum Gasteiger partial charge on any atom is -0.429 e. The van der Waals surface area contributed by atoms with Crippen LogP contribution in [0.2, 0.25) is 0 Å². The van der Waals surface area contributed by atoms with Crippen LogP contribution < -0.4 is 4.90 Å². The van der Waals surface area contributed by atoms with Crippen LogP contribution in [0.3, 0.4) is 0 Å². The number of fused-ring (bicyclic) bond motifs is 1. The summed E-state index contributed by atoms with van der Waals surface area (Å²) in [4.78, 5) is 13.7. The summed E-state index contributed by atoms with van der Waals surface area (Å²) >= 11 is 5.36. The molecule has 0 N–H and O–H groups in total. The van der Waals surface area contributed by atoms with E-state index in [0.29, 0.717) is 4.84 Å². The van der Waals surface area contributed by atoms with Gasteiger partial charge in [0.15, 0.2) is 5.58 Å². The quantitative estimate of drug-likeness (QED) is 0.689. The molecule has 0 bridgehead atoms. The van der Waals surface area contributed by atoms with E-state index in [9.17, 15) is 0 Å². The molecule has 1 aliphatic heterocycles. The van der Waals surface area contributed by atoms with Gasteiger partial charge in [0, 0.05) is 38.6 Å². The molecule has 3 aromatic rings. The van der Waals surface area contributed by atoms with Gasteiger partial charge in [-0.1, -0.05) is 12.1 Å². The monoisotopic (exact) mass is 327 g/mol. The third-order valence-corrected chi connectivity index (χ3v) is 4.43. The Balaban J connectivity index is 1.47. The van der Waals surface area contributed by atoms with Gasteiger partial charge in [-0.2, -0.15) is 0 Å². The maximum atomic E-state index is 5.65. The number of para-hydroxylation sites is 2. The molecule has 0 spiro atoms. The van der Waals surface area contributed by atoms with E-state index in [-0.39, 0.29) is 0 Å². The van der Waals surface area contributed by atoms with Crippen molar-refractivity contribution in [2.24, 2.45) is 0 Å². The standard InChI is InChI=1S/C16H17N5OS/c23-16-21(13-4-1-2-5-14(13)22-16)12-19-8-10-20(11-9-19)15-17-6-3-7-18-15/h1-7H,8-12H2. The highest BCUT2D eigenvalue weighted by molar-refractivity contribution is 7.71. The van der Waals surface area contributed by atoms with Crippen molar-refractivity contribution >= 4 is 29.3 Å². The van der Waals surface area contributed by atoms with Crippen molar-refractivity contribution in [1.82, 2.24) is 19.4 Å². The first kappa shape index (κ1) is 14.3. The van der Waals surface area contributed by atoms with E-state index in [1.165, 1.54) is 0 Å². The molecular weight excluding hydrogens is 310 g/mol. The SMILES string of the molecule is S=c1oc2ccccc2n1CN1CCN(c2ncccn2)CC1. The molecule has 6 nitrogen and oxygen atoms in total. The lowest BCUT2D eigenvalue weighted by molar-refractivity contribution is 0.203. The Labute approximate surface area is 139 Å². The second-order valence-corrected chi connectivity index (χ2v) is 5.91. The number of aromatic nitrogens is 3. The maximum Gasteiger partial charge on any atom is 0.270 e. The van der Waals surface area contributed by atoms with Crippen LogP contribution in [0.1, 0.15) is 0 Å². The summed E-state index contributed by atoms with van der Waals surface area (Å²) in [6.45, 7) is 4.46. The number of hydrogen-bond acceptors (Lipinski definition) is 6. The number of anilines is 1. The van der Waals surface area contributed by atoms with Crippen LogP contribution in [0.5, 0.6) is 0 Å². The Morgan fingerprint density at radius 2 is 1.74 bits per heavy atom. The third-order valence-electron chi connectivity index (χ3n) is 4.12. The van der Waals surface area contributed by atoms with E-state index in [1.54, 1.807) is 12.4 Å². The van der Waals surface area contributed by atoms with Crippen LogP contribution >= 0.6 is 12.2 Å². The minimum absolute atomic E-state index is 0.528. The van der Waals surface area contributed by atoms with Crippen molar-refractivity contribution in [2.45, 2.75) is 6.67 Å². The van der Waals surface area contributed by atoms with Gasteiger partial charge in [0.1, 0.15) is 0 Å². The fourth-order valence-corrected chi connectivity index (χ4v) is 3.14. The van der Waals surface area contributed by atoms with E-state index in [2.05, 4.69) is 24.3 Å². The normalized spacial score (nSPS) is 16.1.